The lowest BCUT2D eigenvalue weighted by Crippen LogP contribution is -2.46. The van der Waals surface area contributed by atoms with Gasteiger partial charge in [-0.25, -0.2) is 0 Å². The summed E-state index contributed by atoms with van der Waals surface area (Å²) in [5, 5.41) is 33.8. The second-order valence-electron chi connectivity index (χ2n) is 24.1. The lowest BCUT2D eigenvalue weighted by atomic mass is 10.0. The van der Waals surface area contributed by atoms with Crippen LogP contribution in [-0.2, 0) is 4.79 Å². The maximum atomic E-state index is 12.6. The largest absolute Gasteiger partial charge is 0.394 e. The van der Waals surface area contributed by atoms with Crippen LogP contribution >= 0.6 is 0 Å². The molecule has 74 heavy (non-hydrogen) atoms. The van der Waals surface area contributed by atoms with Crippen LogP contribution in [0.1, 0.15) is 399 Å². The van der Waals surface area contributed by atoms with Crippen LogP contribution in [-0.4, -0.2) is 46.1 Å². The van der Waals surface area contributed by atoms with Crippen LogP contribution in [0.25, 0.3) is 0 Å². The van der Waals surface area contributed by atoms with Crippen LogP contribution < -0.4 is 5.32 Å². The number of nitrogens with one attached hydrogen (secondary N) is 1. The van der Waals surface area contributed by atoms with Gasteiger partial charge in [0.15, 0.2) is 0 Å². The molecule has 0 saturated heterocycles. The van der Waals surface area contributed by atoms with Gasteiger partial charge in [-0.05, 0) is 38.5 Å². The van der Waals surface area contributed by atoms with Gasteiger partial charge >= 0.3 is 0 Å². The van der Waals surface area contributed by atoms with Gasteiger partial charge in [-0.3, -0.25) is 4.79 Å². The van der Waals surface area contributed by atoms with E-state index in [1.165, 1.54) is 340 Å². The first-order chi connectivity index (χ1) is 36.5. The van der Waals surface area contributed by atoms with E-state index in [-0.39, 0.29) is 18.9 Å². The summed E-state index contributed by atoms with van der Waals surface area (Å²) >= 11 is 0. The molecule has 0 spiro atoms. The van der Waals surface area contributed by atoms with E-state index >= 15 is 0 Å². The zero-order valence-corrected chi connectivity index (χ0v) is 50.8. The number of rotatable bonds is 65. The van der Waals surface area contributed by atoms with E-state index in [1.54, 1.807) is 0 Å². The third-order valence-corrected chi connectivity index (χ3v) is 16.6. The van der Waals surface area contributed by atoms with Gasteiger partial charge < -0.3 is 20.6 Å². The number of amides is 1. The maximum Gasteiger partial charge on any atom is 0.222 e. The van der Waals surface area contributed by atoms with Gasteiger partial charge in [-0.2, -0.15) is 0 Å². The Bertz CT molecular complexity index is 1060. The molecule has 0 aliphatic rings. The highest BCUT2D eigenvalue weighted by molar-refractivity contribution is 5.76. The van der Waals surface area contributed by atoms with Gasteiger partial charge in [0.1, 0.15) is 0 Å². The van der Waals surface area contributed by atoms with Crippen molar-refractivity contribution in [1.82, 2.24) is 5.32 Å². The maximum absolute atomic E-state index is 12.6. The molecular weight excluding hydrogens is 907 g/mol. The molecule has 0 rings (SSSR count). The van der Waals surface area contributed by atoms with Crippen LogP contribution in [0.2, 0.25) is 0 Å². The number of allylic oxidation sites excluding steroid dienone is 2. The fraction of sp³-hybridized carbons (Fsp3) is 0.957. The number of hydrogen-bond acceptors (Lipinski definition) is 4. The van der Waals surface area contributed by atoms with Gasteiger partial charge in [0.25, 0.3) is 0 Å². The van der Waals surface area contributed by atoms with Crippen molar-refractivity contribution in [1.29, 1.82) is 0 Å². The van der Waals surface area contributed by atoms with Gasteiger partial charge in [-0.15, -0.1) is 0 Å². The minimum Gasteiger partial charge on any atom is -0.394 e. The van der Waals surface area contributed by atoms with Crippen LogP contribution in [0.5, 0.6) is 0 Å². The van der Waals surface area contributed by atoms with E-state index in [4.69, 9.17) is 0 Å². The summed E-state index contributed by atoms with van der Waals surface area (Å²) in [6, 6.07) is -0.657. The number of aliphatic hydroxyl groups excluding tert-OH is 3. The zero-order valence-electron chi connectivity index (χ0n) is 50.8. The van der Waals surface area contributed by atoms with Gasteiger partial charge in [-0.1, -0.05) is 366 Å². The number of carbonyl (C=O) groups excluding carboxylic acids is 1. The fourth-order valence-corrected chi connectivity index (χ4v) is 11.3. The second kappa shape index (κ2) is 64.6. The van der Waals surface area contributed by atoms with Crippen LogP contribution in [0, 0.1) is 0 Å². The highest BCUT2D eigenvalue weighted by Crippen LogP contribution is 2.20. The number of aliphatic hydroxyl groups is 3. The molecule has 0 aromatic rings. The summed E-state index contributed by atoms with van der Waals surface area (Å²) in [5.74, 6) is -0.274. The highest BCUT2D eigenvalue weighted by Gasteiger charge is 2.21. The molecule has 5 heteroatoms. The molecular formula is C69H137NO4. The molecule has 0 bridgehead atoms. The Morgan fingerprint density at radius 1 is 0.324 bits per heavy atom. The summed E-state index contributed by atoms with van der Waals surface area (Å²) in [7, 11) is 0. The summed E-state index contributed by atoms with van der Waals surface area (Å²) in [6.07, 6.45) is 82.9. The molecule has 3 atom stereocenters. The molecule has 3 unspecified atom stereocenters. The number of unbranched alkanes of at least 4 members (excludes halogenated alkanes) is 54. The van der Waals surface area contributed by atoms with Crippen molar-refractivity contribution in [2.24, 2.45) is 0 Å². The number of hydrogen-bond donors (Lipinski definition) is 4. The Morgan fingerprint density at radius 2 is 0.541 bits per heavy atom. The molecule has 1 amide bonds. The Labute approximate surface area is 465 Å². The highest BCUT2D eigenvalue weighted by atomic mass is 16.3. The van der Waals surface area contributed by atoms with Crippen molar-refractivity contribution in [3.05, 3.63) is 12.2 Å². The quantitative estimate of drug-likeness (QED) is 0.0361. The van der Waals surface area contributed by atoms with Crippen molar-refractivity contribution in [3.63, 3.8) is 0 Å². The predicted octanol–water partition coefficient (Wildman–Crippen LogP) is 22.2. The Balaban J connectivity index is 3.44. The van der Waals surface area contributed by atoms with Crippen molar-refractivity contribution in [3.8, 4) is 0 Å². The van der Waals surface area contributed by atoms with Crippen LogP contribution in [0.15, 0.2) is 12.2 Å². The van der Waals surface area contributed by atoms with Gasteiger partial charge in [0, 0.05) is 0 Å². The zero-order chi connectivity index (χ0) is 53.6. The van der Waals surface area contributed by atoms with E-state index in [9.17, 15) is 20.1 Å². The standard InChI is InChI=1S/C69H137NO4/c1-3-5-7-9-11-13-15-17-19-21-23-25-27-29-30-31-32-33-34-35-36-37-38-39-40-42-44-46-48-50-52-54-56-58-60-62-66(72)64-69(74)70-67(65-71)68(73)63-61-59-57-55-53-51-49-47-45-43-41-28-26-24-22-20-18-16-14-12-10-8-6-4-2/h33-34,66-68,71-73H,3-32,35-65H2,1-2H3,(H,70,74)/b34-33-. The summed E-state index contributed by atoms with van der Waals surface area (Å²) < 4.78 is 0. The average molecular weight is 1040 g/mol. The molecule has 0 aromatic heterocycles. The third-order valence-electron chi connectivity index (χ3n) is 16.6. The van der Waals surface area contributed by atoms with E-state index in [0.717, 1.165) is 25.7 Å². The summed E-state index contributed by atoms with van der Waals surface area (Å²) in [5.41, 5.74) is 0. The molecule has 0 aromatic carbocycles. The molecule has 5 nitrogen and oxygen atoms in total. The van der Waals surface area contributed by atoms with E-state index in [1.807, 2.05) is 0 Å². The topological polar surface area (TPSA) is 89.8 Å². The normalized spacial score (nSPS) is 13.1. The van der Waals surface area contributed by atoms with Gasteiger partial charge in [0.05, 0.1) is 31.3 Å². The van der Waals surface area contributed by atoms with E-state index in [0.29, 0.717) is 12.8 Å². The van der Waals surface area contributed by atoms with Crippen LogP contribution in [0.3, 0.4) is 0 Å². The van der Waals surface area contributed by atoms with Crippen molar-refractivity contribution in [2.45, 2.75) is 417 Å². The molecule has 0 fully saturated rings. The molecule has 0 radical (unpaired) electrons. The lowest BCUT2D eigenvalue weighted by molar-refractivity contribution is -0.125. The Morgan fingerprint density at radius 3 is 0.784 bits per heavy atom. The molecule has 0 heterocycles. The third kappa shape index (κ3) is 60.3. The first-order valence-electron chi connectivity index (χ1n) is 34.5. The Hall–Kier alpha value is -0.910. The van der Waals surface area contributed by atoms with Crippen LogP contribution in [0.4, 0.5) is 0 Å². The molecule has 0 aliphatic carbocycles. The molecule has 0 aliphatic heterocycles. The molecule has 4 N–H and O–H groups in total. The van der Waals surface area contributed by atoms with Gasteiger partial charge in [0.2, 0.25) is 5.91 Å². The fourth-order valence-electron chi connectivity index (χ4n) is 11.3. The lowest BCUT2D eigenvalue weighted by Gasteiger charge is -2.23. The smallest absolute Gasteiger partial charge is 0.222 e. The summed E-state index contributed by atoms with van der Waals surface area (Å²) in [4.78, 5) is 12.6. The van der Waals surface area contributed by atoms with E-state index in [2.05, 4.69) is 31.3 Å². The second-order valence-corrected chi connectivity index (χ2v) is 24.1. The van der Waals surface area contributed by atoms with Crippen molar-refractivity contribution < 1.29 is 20.1 Å². The monoisotopic (exact) mass is 1040 g/mol. The molecule has 0 saturated carbocycles. The molecule has 442 valence electrons. The minimum absolute atomic E-state index is 0.0416. The number of carbonyl (C=O) groups is 1. The summed E-state index contributed by atoms with van der Waals surface area (Å²) in [6.45, 7) is 4.32. The average Bonchev–Trinajstić information content (AvgIpc) is 3.40. The minimum atomic E-state index is -0.748. The Kier molecular flexibility index (Phi) is 63.8. The predicted molar refractivity (Wildman–Crippen MR) is 329 cm³/mol. The van der Waals surface area contributed by atoms with E-state index < -0.39 is 18.2 Å². The first kappa shape index (κ1) is 73.1. The first-order valence-corrected chi connectivity index (χ1v) is 34.5. The van der Waals surface area contributed by atoms with Crippen molar-refractivity contribution >= 4 is 5.91 Å². The SMILES string of the molecule is CCCCCCCCCCCCCCCCCC/C=C\CCCCCCCCCCCCCCCCCC(O)CC(=O)NC(CO)C(O)CCCCCCCCCCCCCCCCCCCCCCCCCC. The van der Waals surface area contributed by atoms with Crippen molar-refractivity contribution in [2.75, 3.05) is 6.61 Å².